The molecular formula is C14H21Cl2N3O2. The Kier molecular flexibility index (Phi) is 9.14. The molecule has 1 heterocycles. The van der Waals surface area contributed by atoms with Crippen LogP contribution in [0, 0.1) is 11.3 Å². The number of piperazine rings is 1. The van der Waals surface area contributed by atoms with E-state index in [2.05, 4.69) is 16.3 Å². The Morgan fingerprint density at radius 3 is 2.62 bits per heavy atom. The molecule has 118 valence electrons. The summed E-state index contributed by atoms with van der Waals surface area (Å²) in [6, 6.07) is 7.30. The number of phenolic OH excluding ortho intramolecular Hbond substituents is 1. The Morgan fingerprint density at radius 2 is 2.05 bits per heavy atom. The Balaban J connectivity index is 0.00000200. The number of aromatic hydroxyl groups is 1. The number of rotatable bonds is 4. The van der Waals surface area contributed by atoms with E-state index in [1.807, 2.05) is 6.07 Å². The highest BCUT2D eigenvalue weighted by atomic mass is 35.5. The van der Waals surface area contributed by atoms with Crippen LogP contribution in [0.3, 0.4) is 0 Å². The third-order valence-corrected chi connectivity index (χ3v) is 3.47. The summed E-state index contributed by atoms with van der Waals surface area (Å²) in [6.07, 6.45) is 0.362. The van der Waals surface area contributed by atoms with E-state index in [0.717, 1.165) is 31.7 Å². The fourth-order valence-electron chi connectivity index (χ4n) is 2.44. The molecule has 1 saturated heterocycles. The molecule has 1 atom stereocenters. The fourth-order valence-corrected chi connectivity index (χ4v) is 2.44. The molecule has 0 amide bonds. The van der Waals surface area contributed by atoms with Crippen LogP contribution in [0.2, 0.25) is 0 Å². The number of nitriles is 1. The SMILES string of the molecule is COc1ccc(O)c([C@H](CC#N)N2CCNCC2)c1.Cl.Cl. The monoisotopic (exact) mass is 333 g/mol. The van der Waals surface area contributed by atoms with Gasteiger partial charge >= 0.3 is 0 Å². The van der Waals surface area contributed by atoms with Gasteiger partial charge in [0.2, 0.25) is 0 Å². The molecule has 0 spiro atoms. The molecule has 7 heteroatoms. The van der Waals surface area contributed by atoms with Crippen LogP contribution in [0.1, 0.15) is 18.0 Å². The molecule has 0 radical (unpaired) electrons. The number of hydrogen-bond donors (Lipinski definition) is 2. The summed E-state index contributed by atoms with van der Waals surface area (Å²) < 4.78 is 5.20. The van der Waals surface area contributed by atoms with E-state index in [1.165, 1.54) is 0 Å². The van der Waals surface area contributed by atoms with E-state index in [-0.39, 0.29) is 36.6 Å². The maximum Gasteiger partial charge on any atom is 0.120 e. The molecule has 1 fully saturated rings. The quantitative estimate of drug-likeness (QED) is 0.883. The maximum absolute atomic E-state index is 10.1. The minimum Gasteiger partial charge on any atom is -0.508 e. The molecule has 1 aromatic rings. The molecule has 21 heavy (non-hydrogen) atoms. The number of hydrogen-bond acceptors (Lipinski definition) is 5. The lowest BCUT2D eigenvalue weighted by Crippen LogP contribution is -2.45. The van der Waals surface area contributed by atoms with Crippen molar-refractivity contribution in [1.82, 2.24) is 10.2 Å². The van der Waals surface area contributed by atoms with Crippen molar-refractivity contribution in [1.29, 1.82) is 5.26 Å². The average molecular weight is 334 g/mol. The topological polar surface area (TPSA) is 68.5 Å². The molecule has 0 bridgehead atoms. The van der Waals surface area contributed by atoms with Gasteiger partial charge in [-0.05, 0) is 18.2 Å². The van der Waals surface area contributed by atoms with Gasteiger partial charge in [0, 0.05) is 31.7 Å². The highest BCUT2D eigenvalue weighted by Gasteiger charge is 2.24. The van der Waals surface area contributed by atoms with Crippen LogP contribution >= 0.6 is 24.8 Å². The Morgan fingerprint density at radius 1 is 1.38 bits per heavy atom. The first-order valence-electron chi connectivity index (χ1n) is 6.45. The number of nitrogens with zero attached hydrogens (tertiary/aromatic N) is 2. The first-order valence-corrected chi connectivity index (χ1v) is 6.45. The summed E-state index contributed by atoms with van der Waals surface area (Å²) in [4.78, 5) is 2.23. The number of halogens is 2. The molecule has 1 aliphatic rings. The van der Waals surface area contributed by atoms with Crippen LogP contribution in [0.15, 0.2) is 18.2 Å². The van der Waals surface area contributed by atoms with Crippen LogP contribution in [-0.4, -0.2) is 43.3 Å². The number of nitrogens with one attached hydrogen (secondary N) is 1. The predicted octanol–water partition coefficient (Wildman–Crippen LogP) is 2.10. The van der Waals surface area contributed by atoms with Gasteiger partial charge in [0.25, 0.3) is 0 Å². The smallest absolute Gasteiger partial charge is 0.120 e. The maximum atomic E-state index is 10.1. The van der Waals surface area contributed by atoms with Gasteiger partial charge in [0.1, 0.15) is 11.5 Å². The van der Waals surface area contributed by atoms with Crippen molar-refractivity contribution in [2.24, 2.45) is 0 Å². The average Bonchev–Trinajstić information content (AvgIpc) is 2.47. The summed E-state index contributed by atoms with van der Waals surface area (Å²) in [7, 11) is 1.60. The highest BCUT2D eigenvalue weighted by Crippen LogP contribution is 2.33. The van der Waals surface area contributed by atoms with E-state index in [9.17, 15) is 5.11 Å². The van der Waals surface area contributed by atoms with Crippen LogP contribution in [0.25, 0.3) is 0 Å². The van der Waals surface area contributed by atoms with E-state index >= 15 is 0 Å². The van der Waals surface area contributed by atoms with Gasteiger partial charge in [-0.1, -0.05) is 0 Å². The fraction of sp³-hybridized carbons (Fsp3) is 0.500. The molecule has 2 rings (SSSR count). The number of ether oxygens (including phenoxy) is 1. The van der Waals surface area contributed by atoms with Gasteiger partial charge in [0.15, 0.2) is 0 Å². The van der Waals surface area contributed by atoms with Gasteiger partial charge in [-0.3, -0.25) is 4.90 Å². The number of benzene rings is 1. The minimum absolute atomic E-state index is 0. The summed E-state index contributed by atoms with van der Waals surface area (Å²) in [5, 5.41) is 22.4. The van der Waals surface area contributed by atoms with Crippen LogP contribution in [0.5, 0.6) is 11.5 Å². The lowest BCUT2D eigenvalue weighted by molar-refractivity contribution is 0.173. The molecule has 0 aromatic heterocycles. The summed E-state index contributed by atoms with van der Waals surface area (Å²) in [5.74, 6) is 0.922. The molecule has 1 aliphatic heterocycles. The Bertz CT molecular complexity index is 474. The normalized spacial score (nSPS) is 16.0. The van der Waals surface area contributed by atoms with Crippen LogP contribution in [0.4, 0.5) is 0 Å². The van der Waals surface area contributed by atoms with Gasteiger partial charge in [-0.2, -0.15) is 5.26 Å². The van der Waals surface area contributed by atoms with Crippen molar-refractivity contribution in [3.63, 3.8) is 0 Å². The van der Waals surface area contributed by atoms with E-state index in [4.69, 9.17) is 10.00 Å². The largest absolute Gasteiger partial charge is 0.508 e. The zero-order chi connectivity index (χ0) is 13.7. The Hall–Kier alpha value is -1.19. The molecule has 2 N–H and O–H groups in total. The van der Waals surface area contributed by atoms with Crippen molar-refractivity contribution in [3.05, 3.63) is 23.8 Å². The molecule has 0 saturated carbocycles. The molecule has 0 aliphatic carbocycles. The van der Waals surface area contributed by atoms with E-state index < -0.39 is 0 Å². The first kappa shape index (κ1) is 19.8. The lowest BCUT2D eigenvalue weighted by atomic mass is 10.0. The molecule has 0 unspecified atom stereocenters. The molecule has 5 nitrogen and oxygen atoms in total. The van der Waals surface area contributed by atoms with Gasteiger partial charge in [0.05, 0.1) is 25.6 Å². The van der Waals surface area contributed by atoms with Crippen molar-refractivity contribution in [3.8, 4) is 17.6 Å². The third-order valence-electron chi connectivity index (χ3n) is 3.47. The Labute approximate surface area is 137 Å². The number of phenols is 1. The summed E-state index contributed by atoms with van der Waals surface area (Å²) in [6.45, 7) is 3.57. The second-order valence-electron chi connectivity index (χ2n) is 4.59. The second kappa shape index (κ2) is 9.69. The van der Waals surface area contributed by atoms with Crippen molar-refractivity contribution >= 4 is 24.8 Å². The van der Waals surface area contributed by atoms with Crippen LogP contribution in [-0.2, 0) is 0 Å². The lowest BCUT2D eigenvalue weighted by Gasteiger charge is -2.34. The zero-order valence-electron chi connectivity index (χ0n) is 11.9. The third kappa shape index (κ3) is 4.94. The van der Waals surface area contributed by atoms with E-state index in [1.54, 1.807) is 19.2 Å². The standard InChI is InChI=1S/C14H19N3O2.2ClH/c1-19-11-2-3-14(18)12(10-11)13(4-5-15)17-8-6-16-7-9-17;;/h2-3,10,13,16,18H,4,6-9H2,1H3;2*1H/t13-;;/m0../s1. The van der Waals surface area contributed by atoms with Crippen molar-refractivity contribution < 1.29 is 9.84 Å². The summed E-state index contributed by atoms with van der Waals surface area (Å²) in [5.41, 5.74) is 0.766. The minimum atomic E-state index is -0.0813. The van der Waals surface area contributed by atoms with Crippen molar-refractivity contribution in [2.45, 2.75) is 12.5 Å². The van der Waals surface area contributed by atoms with Crippen LogP contribution < -0.4 is 10.1 Å². The zero-order valence-corrected chi connectivity index (χ0v) is 13.5. The predicted molar refractivity (Wildman–Crippen MR) is 86.6 cm³/mol. The second-order valence-corrected chi connectivity index (χ2v) is 4.59. The first-order chi connectivity index (χ1) is 9.26. The number of methoxy groups -OCH3 is 1. The molecule has 1 aromatic carbocycles. The molecular weight excluding hydrogens is 313 g/mol. The van der Waals surface area contributed by atoms with Gasteiger partial charge in [-0.25, -0.2) is 0 Å². The van der Waals surface area contributed by atoms with Gasteiger partial charge in [-0.15, -0.1) is 24.8 Å². The van der Waals surface area contributed by atoms with E-state index in [0.29, 0.717) is 12.2 Å². The summed E-state index contributed by atoms with van der Waals surface area (Å²) >= 11 is 0. The highest BCUT2D eigenvalue weighted by molar-refractivity contribution is 5.85. The van der Waals surface area contributed by atoms with Gasteiger partial charge < -0.3 is 15.2 Å². The van der Waals surface area contributed by atoms with Crippen molar-refractivity contribution in [2.75, 3.05) is 33.3 Å².